The number of hydrogen-bond donors (Lipinski definition) is 1. The van der Waals surface area contributed by atoms with Crippen molar-refractivity contribution < 1.29 is 0 Å². The van der Waals surface area contributed by atoms with E-state index in [2.05, 4.69) is 15.1 Å². The molecule has 0 unspecified atom stereocenters. The summed E-state index contributed by atoms with van der Waals surface area (Å²) in [5.41, 5.74) is 2.43. The van der Waals surface area contributed by atoms with Crippen LogP contribution in [-0.2, 0) is 0 Å². The molecule has 1 N–H and O–H groups in total. The van der Waals surface area contributed by atoms with Crippen LogP contribution in [0.2, 0.25) is 0 Å². The molecule has 2 aromatic heterocycles. The number of fused-ring (bicyclic) bond motifs is 1. The van der Waals surface area contributed by atoms with E-state index in [4.69, 9.17) is 0 Å². The van der Waals surface area contributed by atoms with Gasteiger partial charge in [-0.1, -0.05) is 12.1 Å². The molecule has 0 aliphatic heterocycles. The molecule has 0 spiro atoms. The largest absolute Gasteiger partial charge is 0.312 e. The fraction of sp³-hybridized carbons (Fsp3) is 0.0833. The monoisotopic (exact) mass is 226 g/mol. The van der Waals surface area contributed by atoms with Crippen LogP contribution < -0.4 is 5.56 Å². The van der Waals surface area contributed by atoms with E-state index in [0.29, 0.717) is 11.0 Å². The van der Waals surface area contributed by atoms with Crippen molar-refractivity contribution in [1.29, 1.82) is 0 Å². The predicted molar refractivity (Wildman–Crippen MR) is 64.2 cm³/mol. The highest BCUT2D eigenvalue weighted by molar-refractivity contribution is 5.74. The third-order valence-electron chi connectivity index (χ3n) is 2.62. The van der Waals surface area contributed by atoms with E-state index in [0.717, 1.165) is 11.3 Å². The molecule has 2 heterocycles. The van der Waals surface area contributed by atoms with Gasteiger partial charge in [-0.05, 0) is 24.6 Å². The Labute approximate surface area is 96.7 Å². The van der Waals surface area contributed by atoms with E-state index in [9.17, 15) is 4.79 Å². The number of nitrogens with one attached hydrogen (secondary N) is 1. The molecule has 0 bridgehead atoms. The van der Waals surface area contributed by atoms with Crippen LogP contribution in [0.1, 0.15) is 5.56 Å². The number of benzene rings is 1. The first-order valence-electron chi connectivity index (χ1n) is 5.24. The smallest absolute Gasteiger partial charge is 0.261 e. The zero-order chi connectivity index (χ0) is 11.8. The summed E-state index contributed by atoms with van der Waals surface area (Å²) in [5, 5.41) is 4.70. The van der Waals surface area contributed by atoms with Gasteiger partial charge in [0.1, 0.15) is 5.39 Å². The lowest BCUT2D eigenvalue weighted by molar-refractivity contribution is 0.893. The summed E-state index contributed by atoms with van der Waals surface area (Å²) < 4.78 is 1.66. The van der Waals surface area contributed by atoms with Crippen LogP contribution in [0.3, 0.4) is 0 Å². The van der Waals surface area contributed by atoms with Gasteiger partial charge in [0.25, 0.3) is 5.56 Å². The van der Waals surface area contributed by atoms with Crippen LogP contribution in [0.4, 0.5) is 0 Å². The third-order valence-corrected chi connectivity index (χ3v) is 2.62. The van der Waals surface area contributed by atoms with E-state index >= 15 is 0 Å². The first kappa shape index (κ1) is 9.77. The van der Waals surface area contributed by atoms with E-state index < -0.39 is 0 Å². The molecular weight excluding hydrogens is 216 g/mol. The van der Waals surface area contributed by atoms with Crippen molar-refractivity contribution >= 4 is 11.0 Å². The number of aromatic nitrogens is 4. The Morgan fingerprint density at radius 1 is 1.35 bits per heavy atom. The van der Waals surface area contributed by atoms with Crippen LogP contribution in [0.25, 0.3) is 16.7 Å². The van der Waals surface area contributed by atoms with Crippen LogP contribution >= 0.6 is 0 Å². The van der Waals surface area contributed by atoms with Gasteiger partial charge in [0.05, 0.1) is 18.2 Å². The number of hydrogen-bond acceptors (Lipinski definition) is 3. The summed E-state index contributed by atoms with van der Waals surface area (Å²) in [6, 6.07) is 7.89. The second-order valence-corrected chi connectivity index (χ2v) is 3.86. The Kier molecular flexibility index (Phi) is 2.04. The van der Waals surface area contributed by atoms with E-state index in [1.54, 1.807) is 4.68 Å². The lowest BCUT2D eigenvalue weighted by Gasteiger charge is -2.03. The molecule has 3 aromatic rings. The Hall–Kier alpha value is -2.43. The summed E-state index contributed by atoms with van der Waals surface area (Å²) in [6.07, 6.45) is 2.92. The predicted octanol–water partition coefficient (Wildman–Crippen LogP) is 1.42. The second kappa shape index (κ2) is 3.55. The minimum atomic E-state index is -0.172. The van der Waals surface area contributed by atoms with Gasteiger partial charge in [0.15, 0.2) is 5.65 Å². The van der Waals surface area contributed by atoms with Gasteiger partial charge in [-0.2, -0.15) is 5.10 Å². The molecule has 0 radical (unpaired) electrons. The normalized spacial score (nSPS) is 10.9. The molecule has 5 nitrogen and oxygen atoms in total. The molecule has 0 atom stereocenters. The fourth-order valence-electron chi connectivity index (χ4n) is 1.80. The van der Waals surface area contributed by atoms with Gasteiger partial charge in [-0.15, -0.1) is 0 Å². The summed E-state index contributed by atoms with van der Waals surface area (Å²) in [6.45, 7) is 2.01. The lowest BCUT2D eigenvalue weighted by Crippen LogP contribution is -2.06. The van der Waals surface area contributed by atoms with Gasteiger partial charge in [0, 0.05) is 0 Å². The summed E-state index contributed by atoms with van der Waals surface area (Å²) in [5.74, 6) is 0. The van der Waals surface area contributed by atoms with Crippen molar-refractivity contribution in [2.24, 2.45) is 0 Å². The van der Waals surface area contributed by atoms with Gasteiger partial charge < -0.3 is 4.98 Å². The van der Waals surface area contributed by atoms with Gasteiger partial charge in [0.2, 0.25) is 0 Å². The number of aromatic amines is 1. The quantitative estimate of drug-likeness (QED) is 0.682. The first-order valence-corrected chi connectivity index (χ1v) is 5.24. The van der Waals surface area contributed by atoms with Crippen LogP contribution in [-0.4, -0.2) is 19.7 Å². The molecular formula is C12H10N4O. The van der Waals surface area contributed by atoms with Crippen LogP contribution in [0, 0.1) is 6.92 Å². The molecule has 0 saturated carbocycles. The molecule has 0 saturated heterocycles. The maximum atomic E-state index is 11.5. The minimum absolute atomic E-state index is 0.172. The standard InChI is InChI=1S/C12H10N4O/c1-8-3-2-4-9(5-8)16-11-10(6-15-16)12(17)14-7-13-11/h2-7H,1H3,(H,13,14,17). The number of nitrogens with zero attached hydrogens (tertiary/aromatic N) is 3. The second-order valence-electron chi connectivity index (χ2n) is 3.86. The third kappa shape index (κ3) is 1.52. The summed E-state index contributed by atoms with van der Waals surface area (Å²) in [7, 11) is 0. The minimum Gasteiger partial charge on any atom is -0.312 e. The maximum Gasteiger partial charge on any atom is 0.261 e. The number of H-pyrrole nitrogens is 1. The zero-order valence-corrected chi connectivity index (χ0v) is 9.21. The molecule has 0 aliphatic carbocycles. The SMILES string of the molecule is Cc1cccc(-n2ncc3c(=O)[nH]cnc32)c1. The molecule has 0 aliphatic rings. The number of rotatable bonds is 1. The average molecular weight is 226 g/mol. The molecule has 0 fully saturated rings. The topological polar surface area (TPSA) is 63.6 Å². The summed E-state index contributed by atoms with van der Waals surface area (Å²) >= 11 is 0. The van der Waals surface area contributed by atoms with Crippen molar-refractivity contribution in [3.63, 3.8) is 0 Å². The van der Waals surface area contributed by atoms with Gasteiger partial charge >= 0.3 is 0 Å². The molecule has 1 aromatic carbocycles. The van der Waals surface area contributed by atoms with Crippen molar-refractivity contribution in [3.8, 4) is 5.69 Å². The van der Waals surface area contributed by atoms with Crippen LogP contribution in [0.15, 0.2) is 41.6 Å². The zero-order valence-electron chi connectivity index (χ0n) is 9.21. The van der Waals surface area contributed by atoms with Crippen molar-refractivity contribution in [3.05, 3.63) is 52.7 Å². The molecule has 0 amide bonds. The Morgan fingerprint density at radius 3 is 3.06 bits per heavy atom. The first-order chi connectivity index (χ1) is 8.25. The summed E-state index contributed by atoms with van der Waals surface area (Å²) in [4.78, 5) is 18.2. The van der Waals surface area contributed by atoms with Crippen LogP contribution in [0.5, 0.6) is 0 Å². The van der Waals surface area contributed by atoms with Crippen molar-refractivity contribution in [2.75, 3.05) is 0 Å². The van der Waals surface area contributed by atoms with E-state index in [1.165, 1.54) is 12.5 Å². The van der Waals surface area contributed by atoms with E-state index in [-0.39, 0.29) is 5.56 Å². The highest BCUT2D eigenvalue weighted by Crippen LogP contribution is 2.14. The Balaban J connectivity index is 2.32. The lowest BCUT2D eigenvalue weighted by atomic mass is 10.2. The van der Waals surface area contributed by atoms with Crippen molar-refractivity contribution in [1.82, 2.24) is 19.7 Å². The van der Waals surface area contributed by atoms with Gasteiger partial charge in [-0.3, -0.25) is 4.79 Å². The highest BCUT2D eigenvalue weighted by Gasteiger charge is 2.08. The fourth-order valence-corrected chi connectivity index (χ4v) is 1.80. The molecule has 3 rings (SSSR count). The molecule has 5 heteroatoms. The molecule has 84 valence electrons. The molecule has 17 heavy (non-hydrogen) atoms. The number of aryl methyl sites for hydroxylation is 1. The van der Waals surface area contributed by atoms with E-state index in [1.807, 2.05) is 31.2 Å². The Morgan fingerprint density at radius 2 is 2.24 bits per heavy atom. The maximum absolute atomic E-state index is 11.5. The highest BCUT2D eigenvalue weighted by atomic mass is 16.1. The Bertz CT molecular complexity index is 741. The van der Waals surface area contributed by atoms with Crippen molar-refractivity contribution in [2.45, 2.75) is 6.92 Å². The van der Waals surface area contributed by atoms with Gasteiger partial charge in [-0.25, -0.2) is 9.67 Å². The average Bonchev–Trinajstić information content (AvgIpc) is 2.74.